The topological polar surface area (TPSA) is 44.5 Å². The van der Waals surface area contributed by atoms with Crippen molar-refractivity contribution in [3.05, 3.63) is 22.7 Å². The van der Waals surface area contributed by atoms with Crippen molar-refractivity contribution in [2.24, 2.45) is 5.73 Å². The molecule has 0 unspecified atom stereocenters. The van der Waals surface area contributed by atoms with E-state index >= 15 is 0 Å². The number of halogens is 1. The number of methoxy groups -OCH3 is 1. The summed E-state index contributed by atoms with van der Waals surface area (Å²) in [4.78, 5) is 0. The van der Waals surface area contributed by atoms with Crippen LogP contribution in [-0.2, 0) is 0 Å². The Kier molecular flexibility index (Phi) is 2.52. The molecule has 1 aliphatic rings. The Labute approximate surface area is 87.8 Å². The fourth-order valence-corrected chi connectivity index (χ4v) is 1.93. The molecular weight excluding hydrogens is 202 g/mol. The van der Waals surface area contributed by atoms with Crippen LogP contribution < -0.4 is 15.2 Å². The van der Waals surface area contributed by atoms with Crippen LogP contribution in [0.2, 0.25) is 5.02 Å². The molecule has 1 aromatic rings. The average molecular weight is 214 g/mol. The number of nitrogens with two attached hydrogens (primary N) is 1. The lowest BCUT2D eigenvalue weighted by Crippen LogP contribution is -2.21. The molecule has 1 heterocycles. The van der Waals surface area contributed by atoms with Crippen molar-refractivity contribution in [1.29, 1.82) is 0 Å². The molecule has 3 nitrogen and oxygen atoms in total. The fraction of sp³-hybridized carbons (Fsp3) is 0.400. The Balaban J connectivity index is 2.57. The summed E-state index contributed by atoms with van der Waals surface area (Å²) in [6.07, 6.45) is 0.792. The van der Waals surface area contributed by atoms with Gasteiger partial charge in [-0.05, 0) is 12.1 Å². The van der Waals surface area contributed by atoms with Gasteiger partial charge in [-0.15, -0.1) is 0 Å². The minimum Gasteiger partial charge on any atom is -0.493 e. The molecule has 0 spiro atoms. The van der Waals surface area contributed by atoms with Gasteiger partial charge in [-0.25, -0.2) is 0 Å². The maximum Gasteiger partial charge on any atom is 0.167 e. The lowest BCUT2D eigenvalue weighted by molar-refractivity contribution is 0.253. The Morgan fingerprint density at radius 3 is 3.07 bits per heavy atom. The third-order valence-corrected chi connectivity index (χ3v) is 2.70. The zero-order chi connectivity index (χ0) is 10.1. The molecule has 0 fully saturated rings. The monoisotopic (exact) mass is 213 g/mol. The highest BCUT2D eigenvalue weighted by Gasteiger charge is 2.24. The van der Waals surface area contributed by atoms with Crippen molar-refractivity contribution in [2.45, 2.75) is 12.5 Å². The highest BCUT2D eigenvalue weighted by Crippen LogP contribution is 2.42. The summed E-state index contributed by atoms with van der Waals surface area (Å²) < 4.78 is 10.7. The van der Waals surface area contributed by atoms with E-state index in [4.69, 9.17) is 26.8 Å². The number of rotatable bonds is 1. The lowest BCUT2D eigenvalue weighted by atomic mass is 10.0. The number of hydrogen-bond acceptors (Lipinski definition) is 3. The van der Waals surface area contributed by atoms with Gasteiger partial charge in [0.25, 0.3) is 0 Å². The van der Waals surface area contributed by atoms with E-state index in [1.807, 2.05) is 0 Å². The van der Waals surface area contributed by atoms with Gasteiger partial charge >= 0.3 is 0 Å². The second-order valence-electron chi connectivity index (χ2n) is 3.24. The predicted octanol–water partition coefficient (Wildman–Crippen LogP) is 2.13. The molecule has 1 aromatic carbocycles. The largest absolute Gasteiger partial charge is 0.493 e. The maximum absolute atomic E-state index is 6.05. The van der Waals surface area contributed by atoms with Crippen LogP contribution in [0.25, 0.3) is 0 Å². The lowest BCUT2D eigenvalue weighted by Gasteiger charge is -2.25. The second kappa shape index (κ2) is 3.67. The quantitative estimate of drug-likeness (QED) is 0.777. The van der Waals surface area contributed by atoms with Crippen LogP contribution in [0, 0.1) is 0 Å². The third-order valence-electron chi connectivity index (χ3n) is 2.37. The van der Waals surface area contributed by atoms with Crippen LogP contribution in [0.5, 0.6) is 11.5 Å². The molecule has 0 saturated carbocycles. The molecule has 1 atom stereocenters. The molecule has 0 saturated heterocycles. The van der Waals surface area contributed by atoms with E-state index in [2.05, 4.69) is 0 Å². The Hall–Kier alpha value is -0.930. The van der Waals surface area contributed by atoms with Gasteiger partial charge in [-0.2, -0.15) is 0 Å². The zero-order valence-electron chi connectivity index (χ0n) is 7.92. The van der Waals surface area contributed by atoms with E-state index in [-0.39, 0.29) is 6.04 Å². The number of ether oxygens (including phenoxy) is 2. The van der Waals surface area contributed by atoms with E-state index in [1.54, 1.807) is 19.2 Å². The van der Waals surface area contributed by atoms with E-state index < -0.39 is 0 Å². The first kappa shape index (κ1) is 9.62. The van der Waals surface area contributed by atoms with Crippen molar-refractivity contribution in [2.75, 3.05) is 13.7 Å². The minimum atomic E-state index is -0.0543. The molecule has 76 valence electrons. The smallest absolute Gasteiger partial charge is 0.167 e. The first-order chi connectivity index (χ1) is 6.74. The minimum absolute atomic E-state index is 0.0543. The summed E-state index contributed by atoms with van der Waals surface area (Å²) in [6.45, 7) is 0.616. The van der Waals surface area contributed by atoms with Gasteiger partial charge in [0.2, 0.25) is 0 Å². The third kappa shape index (κ3) is 1.42. The summed E-state index contributed by atoms with van der Waals surface area (Å²) in [5.41, 5.74) is 6.81. The molecule has 0 radical (unpaired) electrons. The Bertz CT molecular complexity index is 354. The molecule has 2 N–H and O–H groups in total. The molecule has 2 rings (SSSR count). The summed E-state index contributed by atoms with van der Waals surface area (Å²) >= 11 is 6.05. The zero-order valence-corrected chi connectivity index (χ0v) is 8.67. The Morgan fingerprint density at radius 2 is 2.36 bits per heavy atom. The SMILES string of the molecule is COc1ccc(Cl)c2c1OCC[C@H]2N. The highest BCUT2D eigenvalue weighted by molar-refractivity contribution is 6.31. The summed E-state index contributed by atoms with van der Waals surface area (Å²) in [7, 11) is 1.60. The molecule has 4 heteroatoms. The standard InChI is InChI=1S/C10H12ClNO2/c1-13-8-3-2-6(11)9-7(12)4-5-14-10(8)9/h2-3,7H,4-5,12H2,1H3/t7-/m1/s1. The first-order valence-corrected chi connectivity index (χ1v) is 4.86. The summed E-state index contributed by atoms with van der Waals surface area (Å²) in [5.74, 6) is 1.39. The van der Waals surface area contributed by atoms with Crippen molar-refractivity contribution >= 4 is 11.6 Å². The van der Waals surface area contributed by atoms with Crippen LogP contribution in [0.15, 0.2) is 12.1 Å². The fourth-order valence-electron chi connectivity index (χ4n) is 1.64. The van der Waals surface area contributed by atoms with E-state index in [1.165, 1.54) is 0 Å². The maximum atomic E-state index is 6.05. The van der Waals surface area contributed by atoms with Gasteiger partial charge in [-0.3, -0.25) is 0 Å². The molecule has 0 bridgehead atoms. The molecule has 0 aliphatic carbocycles. The number of hydrogen-bond donors (Lipinski definition) is 1. The van der Waals surface area contributed by atoms with Crippen molar-refractivity contribution in [3.8, 4) is 11.5 Å². The van der Waals surface area contributed by atoms with Crippen LogP contribution in [0.4, 0.5) is 0 Å². The predicted molar refractivity (Wildman–Crippen MR) is 55.0 cm³/mol. The van der Waals surface area contributed by atoms with Crippen molar-refractivity contribution in [3.63, 3.8) is 0 Å². The Morgan fingerprint density at radius 1 is 1.57 bits per heavy atom. The average Bonchev–Trinajstić information content (AvgIpc) is 2.18. The van der Waals surface area contributed by atoms with Crippen LogP contribution in [-0.4, -0.2) is 13.7 Å². The van der Waals surface area contributed by atoms with Crippen LogP contribution >= 0.6 is 11.6 Å². The first-order valence-electron chi connectivity index (χ1n) is 4.49. The van der Waals surface area contributed by atoms with Crippen LogP contribution in [0.3, 0.4) is 0 Å². The van der Waals surface area contributed by atoms with Crippen molar-refractivity contribution < 1.29 is 9.47 Å². The van der Waals surface area contributed by atoms with Gasteiger partial charge in [-0.1, -0.05) is 11.6 Å². The van der Waals surface area contributed by atoms with E-state index in [0.29, 0.717) is 23.1 Å². The van der Waals surface area contributed by atoms with Gasteiger partial charge in [0.1, 0.15) is 0 Å². The number of benzene rings is 1. The summed E-state index contributed by atoms with van der Waals surface area (Å²) in [6, 6.07) is 3.52. The molecule has 0 aromatic heterocycles. The van der Waals surface area contributed by atoms with Gasteiger partial charge in [0.15, 0.2) is 11.5 Å². The number of fused-ring (bicyclic) bond motifs is 1. The normalized spacial score (nSPS) is 19.8. The molecule has 0 amide bonds. The second-order valence-corrected chi connectivity index (χ2v) is 3.64. The van der Waals surface area contributed by atoms with E-state index in [0.717, 1.165) is 12.0 Å². The highest BCUT2D eigenvalue weighted by atomic mass is 35.5. The molecule has 14 heavy (non-hydrogen) atoms. The summed E-state index contributed by atoms with van der Waals surface area (Å²) in [5, 5.41) is 0.646. The van der Waals surface area contributed by atoms with Gasteiger partial charge in [0.05, 0.1) is 13.7 Å². The van der Waals surface area contributed by atoms with Crippen molar-refractivity contribution in [1.82, 2.24) is 0 Å². The van der Waals surface area contributed by atoms with E-state index in [9.17, 15) is 0 Å². The van der Waals surface area contributed by atoms with Gasteiger partial charge in [0, 0.05) is 23.0 Å². The molecule has 1 aliphatic heterocycles. The molecular formula is C10H12ClNO2. The van der Waals surface area contributed by atoms with Crippen LogP contribution in [0.1, 0.15) is 18.0 Å². The van der Waals surface area contributed by atoms with Gasteiger partial charge < -0.3 is 15.2 Å².